The molecule has 0 aromatic heterocycles. The molecule has 2 N–H and O–H groups in total. The van der Waals surface area contributed by atoms with Crippen molar-refractivity contribution in [3.63, 3.8) is 0 Å². The van der Waals surface area contributed by atoms with Crippen molar-refractivity contribution in [2.24, 2.45) is 11.8 Å². The van der Waals surface area contributed by atoms with Crippen molar-refractivity contribution in [1.29, 1.82) is 0 Å². The number of hydrogen-bond donors (Lipinski definition) is 2. The minimum Gasteiger partial charge on any atom is -0.349 e. The number of carbonyl (C=O) groups is 1. The highest BCUT2D eigenvalue weighted by Gasteiger charge is 2.29. The van der Waals surface area contributed by atoms with E-state index in [2.05, 4.69) is 10.6 Å². The van der Waals surface area contributed by atoms with Gasteiger partial charge in [0, 0.05) is 5.92 Å². The molecule has 0 radical (unpaired) electrons. The Morgan fingerprint density at radius 2 is 2.11 bits per heavy atom. The summed E-state index contributed by atoms with van der Waals surface area (Å²) < 4.78 is 13.2. The van der Waals surface area contributed by atoms with Crippen LogP contribution in [-0.2, 0) is 4.79 Å². The van der Waals surface area contributed by atoms with E-state index in [9.17, 15) is 9.18 Å². The molecule has 0 spiro atoms. The summed E-state index contributed by atoms with van der Waals surface area (Å²) in [6.45, 7) is 7.45. The van der Waals surface area contributed by atoms with Crippen LogP contribution in [0.5, 0.6) is 0 Å². The molecule has 0 aliphatic carbocycles. The van der Waals surface area contributed by atoms with Crippen LogP contribution in [0.3, 0.4) is 0 Å². The normalized spacial score (nSPS) is 18.5. The van der Waals surface area contributed by atoms with Crippen LogP contribution in [0.25, 0.3) is 0 Å². The van der Waals surface area contributed by atoms with E-state index in [1.54, 1.807) is 19.1 Å². The minimum absolute atomic E-state index is 0.0187. The number of benzene rings is 1. The summed E-state index contributed by atoms with van der Waals surface area (Å²) in [5.41, 5.74) is 1.54. The van der Waals surface area contributed by atoms with E-state index in [0.717, 1.165) is 18.7 Å². The lowest BCUT2D eigenvalue weighted by Gasteiger charge is -2.32. The van der Waals surface area contributed by atoms with E-state index >= 15 is 0 Å². The summed E-state index contributed by atoms with van der Waals surface area (Å²) in [6.07, 6.45) is 0. The van der Waals surface area contributed by atoms with Crippen molar-refractivity contribution in [3.05, 3.63) is 35.1 Å². The molecule has 2 unspecified atom stereocenters. The molecule has 19 heavy (non-hydrogen) atoms. The number of nitrogens with one attached hydrogen (secondary N) is 2. The summed E-state index contributed by atoms with van der Waals surface area (Å²) in [5.74, 6) is 0.310. The van der Waals surface area contributed by atoms with E-state index in [0.29, 0.717) is 11.5 Å². The molecule has 1 heterocycles. The van der Waals surface area contributed by atoms with Crippen LogP contribution in [0.1, 0.15) is 31.0 Å². The highest BCUT2D eigenvalue weighted by molar-refractivity contribution is 5.79. The zero-order valence-corrected chi connectivity index (χ0v) is 11.7. The van der Waals surface area contributed by atoms with Crippen LogP contribution in [0, 0.1) is 24.6 Å². The summed E-state index contributed by atoms with van der Waals surface area (Å²) in [4.78, 5) is 12.1. The first-order valence-corrected chi connectivity index (χ1v) is 6.76. The average molecular weight is 264 g/mol. The van der Waals surface area contributed by atoms with E-state index in [4.69, 9.17) is 0 Å². The summed E-state index contributed by atoms with van der Waals surface area (Å²) >= 11 is 0. The van der Waals surface area contributed by atoms with Gasteiger partial charge < -0.3 is 10.6 Å². The van der Waals surface area contributed by atoms with Crippen molar-refractivity contribution >= 4 is 5.91 Å². The molecular weight excluding hydrogens is 243 g/mol. The molecule has 1 aliphatic heterocycles. The van der Waals surface area contributed by atoms with Crippen molar-refractivity contribution in [3.8, 4) is 0 Å². The Balaban J connectivity index is 1.97. The molecular formula is C15H21FN2O. The quantitative estimate of drug-likeness (QED) is 0.875. The van der Waals surface area contributed by atoms with Gasteiger partial charge in [0.15, 0.2) is 0 Å². The maximum atomic E-state index is 13.2. The molecule has 0 saturated carbocycles. The highest BCUT2D eigenvalue weighted by atomic mass is 19.1. The second-order valence-electron chi connectivity index (χ2n) is 5.45. The van der Waals surface area contributed by atoms with Crippen molar-refractivity contribution < 1.29 is 9.18 Å². The lowest BCUT2D eigenvalue weighted by atomic mass is 9.88. The second kappa shape index (κ2) is 5.70. The first-order chi connectivity index (χ1) is 8.99. The molecule has 104 valence electrons. The molecule has 2 rings (SSSR count). The fourth-order valence-corrected chi connectivity index (χ4v) is 2.24. The molecule has 1 aromatic carbocycles. The van der Waals surface area contributed by atoms with Crippen molar-refractivity contribution in [2.75, 3.05) is 13.1 Å². The van der Waals surface area contributed by atoms with Crippen molar-refractivity contribution in [1.82, 2.24) is 10.6 Å². The fraction of sp³-hybridized carbons (Fsp3) is 0.533. The SMILES string of the molecule is Cc1cc(C(C)NC(=O)C(C)C2CNC2)ccc1F. The van der Waals surface area contributed by atoms with Crippen molar-refractivity contribution in [2.45, 2.75) is 26.8 Å². The highest BCUT2D eigenvalue weighted by Crippen LogP contribution is 2.20. The van der Waals surface area contributed by atoms with Gasteiger partial charge in [-0.3, -0.25) is 4.79 Å². The minimum atomic E-state index is -0.212. The molecule has 3 nitrogen and oxygen atoms in total. The van der Waals surface area contributed by atoms with E-state index in [1.807, 2.05) is 13.8 Å². The molecule has 2 atom stereocenters. The third-order valence-corrected chi connectivity index (χ3v) is 3.97. The van der Waals surface area contributed by atoms with Gasteiger partial charge in [-0.25, -0.2) is 4.39 Å². The summed E-state index contributed by atoms with van der Waals surface area (Å²) in [7, 11) is 0. The largest absolute Gasteiger partial charge is 0.349 e. The Morgan fingerprint density at radius 3 is 2.63 bits per heavy atom. The molecule has 1 aliphatic rings. The molecule has 1 aromatic rings. The number of rotatable bonds is 4. The summed E-state index contributed by atoms with van der Waals surface area (Å²) in [6, 6.07) is 4.87. The average Bonchev–Trinajstić information content (AvgIpc) is 2.30. The van der Waals surface area contributed by atoms with Gasteiger partial charge in [-0.15, -0.1) is 0 Å². The molecule has 4 heteroatoms. The van der Waals surface area contributed by atoms with Crippen LogP contribution >= 0.6 is 0 Å². The Kier molecular flexibility index (Phi) is 4.20. The smallest absolute Gasteiger partial charge is 0.223 e. The molecule has 1 fully saturated rings. The molecule has 1 amide bonds. The van der Waals surface area contributed by atoms with Gasteiger partial charge in [0.1, 0.15) is 5.82 Å². The number of carbonyl (C=O) groups excluding carboxylic acids is 1. The monoisotopic (exact) mass is 264 g/mol. The Morgan fingerprint density at radius 1 is 1.42 bits per heavy atom. The van der Waals surface area contributed by atoms with Crippen LogP contribution in [0.15, 0.2) is 18.2 Å². The standard InChI is InChI=1S/C15H21FN2O/c1-9-6-12(4-5-14(9)16)11(3)18-15(19)10(2)13-7-17-8-13/h4-6,10-11,13,17H,7-8H2,1-3H3,(H,18,19). The topological polar surface area (TPSA) is 41.1 Å². The Bertz CT molecular complexity index is 471. The lowest BCUT2D eigenvalue weighted by Crippen LogP contribution is -2.49. The zero-order chi connectivity index (χ0) is 14.0. The van der Waals surface area contributed by atoms with Crippen LogP contribution in [-0.4, -0.2) is 19.0 Å². The lowest BCUT2D eigenvalue weighted by molar-refractivity contribution is -0.127. The Hall–Kier alpha value is -1.42. The molecule has 0 bridgehead atoms. The molecule has 1 saturated heterocycles. The fourth-order valence-electron chi connectivity index (χ4n) is 2.24. The van der Waals surface area contributed by atoms with Crippen LogP contribution in [0.4, 0.5) is 4.39 Å². The third kappa shape index (κ3) is 3.13. The van der Waals surface area contributed by atoms with Gasteiger partial charge >= 0.3 is 0 Å². The first-order valence-electron chi connectivity index (χ1n) is 6.76. The Labute approximate surface area is 113 Å². The van der Waals surface area contributed by atoms with E-state index in [-0.39, 0.29) is 23.7 Å². The predicted molar refractivity (Wildman–Crippen MR) is 73.2 cm³/mol. The van der Waals surface area contributed by atoms with E-state index in [1.165, 1.54) is 6.07 Å². The maximum Gasteiger partial charge on any atom is 0.223 e. The zero-order valence-electron chi connectivity index (χ0n) is 11.7. The van der Waals surface area contributed by atoms with Crippen LogP contribution in [0.2, 0.25) is 0 Å². The van der Waals surface area contributed by atoms with Gasteiger partial charge in [-0.2, -0.15) is 0 Å². The number of hydrogen-bond acceptors (Lipinski definition) is 2. The van der Waals surface area contributed by atoms with E-state index < -0.39 is 0 Å². The van der Waals surface area contributed by atoms with Gasteiger partial charge in [0.25, 0.3) is 0 Å². The van der Waals surface area contributed by atoms with Gasteiger partial charge in [-0.1, -0.05) is 19.1 Å². The predicted octanol–water partition coefficient (Wildman–Crippen LogP) is 2.17. The maximum absolute atomic E-state index is 13.2. The number of aryl methyl sites for hydroxylation is 1. The first kappa shape index (κ1) is 14.0. The third-order valence-electron chi connectivity index (χ3n) is 3.97. The van der Waals surface area contributed by atoms with Gasteiger partial charge in [-0.05, 0) is 50.0 Å². The number of amides is 1. The van der Waals surface area contributed by atoms with Gasteiger partial charge in [0.2, 0.25) is 5.91 Å². The van der Waals surface area contributed by atoms with Gasteiger partial charge in [0.05, 0.1) is 6.04 Å². The van der Waals surface area contributed by atoms with Crippen LogP contribution < -0.4 is 10.6 Å². The summed E-state index contributed by atoms with van der Waals surface area (Å²) in [5, 5.41) is 6.18. The second-order valence-corrected chi connectivity index (χ2v) is 5.45. The number of halogens is 1.